The van der Waals surface area contributed by atoms with Crippen LogP contribution in [0.5, 0.6) is 0 Å². The van der Waals surface area contributed by atoms with Crippen LogP contribution < -0.4 is 11.1 Å². The number of nitrogens with zero attached hydrogens (tertiary/aromatic N) is 3. The molecule has 6 nitrogen and oxygen atoms in total. The molecular formula is C9H15N5O. The number of hydrogen-bond donors (Lipinski definition) is 2. The van der Waals surface area contributed by atoms with Gasteiger partial charge in [-0.2, -0.15) is 0 Å². The second-order valence-corrected chi connectivity index (χ2v) is 3.10. The first-order valence-corrected chi connectivity index (χ1v) is 4.69. The van der Waals surface area contributed by atoms with E-state index in [4.69, 9.17) is 5.73 Å². The molecule has 0 aromatic carbocycles. The summed E-state index contributed by atoms with van der Waals surface area (Å²) in [5.41, 5.74) is 5.92. The molecule has 1 heterocycles. The predicted octanol–water partition coefficient (Wildman–Crippen LogP) is -0.0510. The van der Waals surface area contributed by atoms with Crippen LogP contribution in [0.15, 0.2) is 12.4 Å². The lowest BCUT2D eigenvalue weighted by molar-refractivity contribution is -0.127. The molecule has 0 aliphatic carbocycles. The van der Waals surface area contributed by atoms with E-state index in [2.05, 4.69) is 15.3 Å². The van der Waals surface area contributed by atoms with Gasteiger partial charge in [0.1, 0.15) is 0 Å². The molecule has 82 valence electrons. The monoisotopic (exact) mass is 209 g/mol. The van der Waals surface area contributed by atoms with Gasteiger partial charge in [0.05, 0.1) is 24.6 Å². The molecule has 0 fully saturated rings. The maximum atomic E-state index is 11.4. The van der Waals surface area contributed by atoms with E-state index in [1.807, 2.05) is 6.92 Å². The maximum Gasteiger partial charge on any atom is 0.241 e. The number of nitrogens with two attached hydrogens (primary N) is 1. The number of nitrogen functional groups attached to an aromatic ring is 1. The summed E-state index contributed by atoms with van der Waals surface area (Å²) in [4.78, 5) is 20.8. The average molecular weight is 209 g/mol. The molecule has 1 rings (SSSR count). The van der Waals surface area contributed by atoms with Crippen LogP contribution in [0, 0.1) is 0 Å². The Morgan fingerprint density at radius 2 is 2.13 bits per heavy atom. The number of carbonyl (C=O) groups excluding carboxylic acids is 1. The molecule has 0 bridgehead atoms. The molecular weight excluding hydrogens is 194 g/mol. The number of likely N-dealkylation sites (N-methyl/N-ethyl adjacent to an activating group) is 1. The summed E-state index contributed by atoms with van der Waals surface area (Å²) >= 11 is 0. The van der Waals surface area contributed by atoms with Gasteiger partial charge in [0.25, 0.3) is 0 Å². The average Bonchev–Trinajstić information content (AvgIpc) is 2.26. The second-order valence-electron chi connectivity index (χ2n) is 3.10. The van der Waals surface area contributed by atoms with E-state index < -0.39 is 0 Å². The van der Waals surface area contributed by atoms with Gasteiger partial charge in [-0.3, -0.25) is 4.79 Å². The van der Waals surface area contributed by atoms with Crippen molar-refractivity contribution < 1.29 is 4.79 Å². The minimum atomic E-state index is -0.00192. The van der Waals surface area contributed by atoms with Gasteiger partial charge >= 0.3 is 0 Å². The molecule has 15 heavy (non-hydrogen) atoms. The van der Waals surface area contributed by atoms with Crippen molar-refractivity contribution >= 4 is 17.5 Å². The number of aromatic nitrogens is 2. The summed E-state index contributed by atoms with van der Waals surface area (Å²) in [6, 6.07) is 0. The molecule has 1 amide bonds. The quantitative estimate of drug-likeness (QED) is 0.726. The third kappa shape index (κ3) is 3.41. The largest absolute Gasteiger partial charge is 0.396 e. The molecule has 0 atom stereocenters. The van der Waals surface area contributed by atoms with Crippen molar-refractivity contribution in [3.05, 3.63) is 12.4 Å². The van der Waals surface area contributed by atoms with Crippen LogP contribution in [-0.2, 0) is 4.79 Å². The van der Waals surface area contributed by atoms with Crippen LogP contribution in [0.3, 0.4) is 0 Å². The van der Waals surface area contributed by atoms with Crippen molar-refractivity contribution in [1.29, 1.82) is 0 Å². The van der Waals surface area contributed by atoms with Crippen molar-refractivity contribution in [3.8, 4) is 0 Å². The van der Waals surface area contributed by atoms with Crippen molar-refractivity contribution in [1.82, 2.24) is 14.9 Å². The third-order valence-corrected chi connectivity index (χ3v) is 1.97. The zero-order valence-corrected chi connectivity index (χ0v) is 8.90. The van der Waals surface area contributed by atoms with E-state index in [-0.39, 0.29) is 12.5 Å². The summed E-state index contributed by atoms with van der Waals surface area (Å²) < 4.78 is 0. The van der Waals surface area contributed by atoms with Crippen molar-refractivity contribution in [2.24, 2.45) is 0 Å². The van der Waals surface area contributed by atoms with Crippen LogP contribution in [0.1, 0.15) is 6.92 Å². The number of hydrogen-bond acceptors (Lipinski definition) is 5. The first-order chi connectivity index (χ1) is 7.13. The van der Waals surface area contributed by atoms with Crippen LogP contribution in [-0.4, -0.2) is 40.9 Å². The highest BCUT2D eigenvalue weighted by molar-refractivity contribution is 5.80. The lowest BCUT2D eigenvalue weighted by atomic mass is 10.5. The molecule has 6 heteroatoms. The molecule has 0 saturated heterocycles. The standard InChI is InChI=1S/C9H15N5O/c1-3-14(2)8(15)6-13-9-11-4-7(10)5-12-9/h4-5H,3,6,10H2,1-2H3,(H,11,12,13). The van der Waals surface area contributed by atoms with E-state index in [0.717, 1.165) is 0 Å². The van der Waals surface area contributed by atoms with Gasteiger partial charge in [0.2, 0.25) is 11.9 Å². The first-order valence-electron chi connectivity index (χ1n) is 4.69. The van der Waals surface area contributed by atoms with Crippen LogP contribution in [0.2, 0.25) is 0 Å². The Bertz CT molecular complexity index is 324. The number of amides is 1. The normalized spacial score (nSPS) is 9.73. The fraction of sp³-hybridized carbons (Fsp3) is 0.444. The Morgan fingerprint density at radius 1 is 1.53 bits per heavy atom. The first kappa shape index (κ1) is 11.2. The predicted molar refractivity (Wildman–Crippen MR) is 58.2 cm³/mol. The van der Waals surface area contributed by atoms with Gasteiger partial charge in [0, 0.05) is 13.6 Å². The highest BCUT2D eigenvalue weighted by atomic mass is 16.2. The highest BCUT2D eigenvalue weighted by Crippen LogP contribution is 2.00. The summed E-state index contributed by atoms with van der Waals surface area (Å²) in [5, 5.41) is 2.82. The molecule has 1 aromatic heterocycles. The highest BCUT2D eigenvalue weighted by Gasteiger charge is 2.06. The van der Waals surface area contributed by atoms with Crippen molar-refractivity contribution in [3.63, 3.8) is 0 Å². The molecule has 1 aromatic rings. The van der Waals surface area contributed by atoms with Gasteiger partial charge in [-0.25, -0.2) is 9.97 Å². The van der Waals surface area contributed by atoms with Crippen LogP contribution in [0.25, 0.3) is 0 Å². The fourth-order valence-electron chi connectivity index (χ4n) is 0.895. The van der Waals surface area contributed by atoms with Crippen LogP contribution >= 0.6 is 0 Å². The summed E-state index contributed by atoms with van der Waals surface area (Å²) in [6.07, 6.45) is 2.98. The summed E-state index contributed by atoms with van der Waals surface area (Å²) in [5.74, 6) is 0.403. The van der Waals surface area contributed by atoms with Gasteiger partial charge in [-0.05, 0) is 6.92 Å². The second kappa shape index (κ2) is 5.14. The number of rotatable bonds is 4. The zero-order chi connectivity index (χ0) is 11.3. The molecule has 0 unspecified atom stereocenters. The lowest BCUT2D eigenvalue weighted by Crippen LogP contribution is -2.32. The third-order valence-electron chi connectivity index (χ3n) is 1.97. The number of anilines is 2. The Labute approximate surface area is 88.5 Å². The molecule has 0 aliphatic rings. The van der Waals surface area contributed by atoms with Crippen molar-refractivity contribution in [2.75, 3.05) is 31.2 Å². The Balaban J connectivity index is 2.43. The topological polar surface area (TPSA) is 84.1 Å². The van der Waals surface area contributed by atoms with E-state index in [1.165, 1.54) is 12.4 Å². The van der Waals surface area contributed by atoms with E-state index in [9.17, 15) is 4.79 Å². The zero-order valence-electron chi connectivity index (χ0n) is 8.90. The smallest absolute Gasteiger partial charge is 0.241 e. The molecule has 3 N–H and O–H groups in total. The van der Waals surface area contributed by atoms with Crippen LogP contribution in [0.4, 0.5) is 11.6 Å². The summed E-state index contributed by atoms with van der Waals surface area (Å²) in [7, 11) is 1.74. The molecule has 0 saturated carbocycles. The Hall–Kier alpha value is -1.85. The molecule has 0 aliphatic heterocycles. The Morgan fingerprint density at radius 3 is 2.67 bits per heavy atom. The fourth-order valence-corrected chi connectivity index (χ4v) is 0.895. The molecule has 0 spiro atoms. The number of nitrogens with one attached hydrogen (secondary N) is 1. The Kier molecular flexibility index (Phi) is 3.84. The SMILES string of the molecule is CCN(C)C(=O)CNc1ncc(N)cn1. The van der Waals surface area contributed by atoms with Gasteiger partial charge in [-0.1, -0.05) is 0 Å². The minimum Gasteiger partial charge on any atom is -0.396 e. The minimum absolute atomic E-state index is 0.00192. The molecule has 0 radical (unpaired) electrons. The lowest BCUT2D eigenvalue weighted by Gasteiger charge is -2.14. The summed E-state index contributed by atoms with van der Waals surface area (Å²) in [6.45, 7) is 2.79. The van der Waals surface area contributed by atoms with Crippen molar-refractivity contribution in [2.45, 2.75) is 6.92 Å². The van der Waals surface area contributed by atoms with E-state index in [1.54, 1.807) is 11.9 Å². The van der Waals surface area contributed by atoms with E-state index >= 15 is 0 Å². The van der Waals surface area contributed by atoms with E-state index in [0.29, 0.717) is 18.2 Å². The van der Waals surface area contributed by atoms with Gasteiger partial charge < -0.3 is 16.0 Å². The van der Waals surface area contributed by atoms with Gasteiger partial charge in [-0.15, -0.1) is 0 Å². The van der Waals surface area contributed by atoms with Gasteiger partial charge in [0.15, 0.2) is 0 Å². The maximum absolute atomic E-state index is 11.4. The number of carbonyl (C=O) groups is 1.